The number of fused-ring (bicyclic) bond motifs is 2. The molecule has 2 heterocycles. The molecule has 0 spiro atoms. The summed E-state index contributed by atoms with van der Waals surface area (Å²) in [5, 5.41) is 7.42. The number of carboxylic acids is 1. The molecule has 2 aromatic carbocycles. The predicted molar refractivity (Wildman–Crippen MR) is 130 cm³/mol. The molecule has 0 fully saturated rings. The normalized spacial score (nSPS) is 21.6. The number of likely N-dealkylation sites (N-methyl/N-ethyl adjacent to an activating group) is 2. The number of benzene rings is 2. The van der Waals surface area contributed by atoms with E-state index in [1.54, 1.807) is 0 Å². The number of hydrogen-bond donors (Lipinski definition) is 1. The molecule has 1 N–H and O–H groups in total. The van der Waals surface area contributed by atoms with Gasteiger partial charge in [0.2, 0.25) is 0 Å². The topological polar surface area (TPSA) is 43.8 Å². The van der Waals surface area contributed by atoms with Gasteiger partial charge in [0.25, 0.3) is 5.97 Å². The minimum Gasteiger partial charge on any atom is -0.481 e. The van der Waals surface area contributed by atoms with Crippen LogP contribution in [-0.4, -0.2) is 31.2 Å². The minimum atomic E-state index is -0.833. The molecule has 0 amide bonds. The molecule has 4 nitrogen and oxygen atoms in total. The van der Waals surface area contributed by atoms with Crippen LogP contribution in [0.3, 0.4) is 0 Å². The third-order valence-corrected chi connectivity index (χ3v) is 6.62. The molecule has 0 radical (unpaired) electrons. The monoisotopic (exact) mass is 418 g/mol. The quantitative estimate of drug-likeness (QED) is 0.675. The lowest BCUT2D eigenvalue weighted by molar-refractivity contribution is -0.134. The summed E-state index contributed by atoms with van der Waals surface area (Å²) in [7, 11) is 4.38. The molecule has 4 rings (SSSR count). The van der Waals surface area contributed by atoms with Gasteiger partial charge in [-0.25, -0.2) is 0 Å². The van der Waals surface area contributed by atoms with Gasteiger partial charge in [-0.15, -0.1) is 0 Å². The van der Waals surface area contributed by atoms with Crippen LogP contribution in [0.2, 0.25) is 0 Å². The van der Waals surface area contributed by atoms with Crippen molar-refractivity contribution in [2.24, 2.45) is 0 Å². The lowest BCUT2D eigenvalue weighted by atomic mass is 9.80. The summed E-state index contributed by atoms with van der Waals surface area (Å²) in [5.41, 5.74) is 6.95. The Labute approximate surface area is 186 Å². The Balaban J connectivity index is 0.000000628. The van der Waals surface area contributed by atoms with Crippen LogP contribution in [0, 0.1) is 0 Å². The standard InChI is InChI=1S/C25H30N2.C2H4O2/c1-24(2)18-12-7-9-14-20(18)26(5)22(24)16-11-17-23-25(3,4)19-13-8-10-15-21(19)27(23)6;1-2(3)4/h7-17,22H,1-6H3;1H3,(H,3,4). The fourth-order valence-electron chi connectivity index (χ4n) is 5.04. The summed E-state index contributed by atoms with van der Waals surface area (Å²) in [6.45, 7) is 10.4. The number of rotatable bonds is 2. The highest BCUT2D eigenvalue weighted by Gasteiger charge is 2.41. The first-order valence-corrected chi connectivity index (χ1v) is 10.7. The van der Waals surface area contributed by atoms with Crippen LogP contribution >= 0.6 is 0 Å². The van der Waals surface area contributed by atoms with E-state index in [0.717, 1.165) is 6.92 Å². The van der Waals surface area contributed by atoms with Crippen molar-refractivity contribution in [2.75, 3.05) is 23.9 Å². The number of hydrogen-bond acceptors (Lipinski definition) is 3. The second-order valence-electron chi connectivity index (χ2n) is 9.45. The zero-order valence-electron chi connectivity index (χ0n) is 19.7. The lowest BCUT2D eigenvalue weighted by Crippen LogP contribution is -2.37. The summed E-state index contributed by atoms with van der Waals surface area (Å²) < 4.78 is 0. The lowest BCUT2D eigenvalue weighted by Gasteiger charge is -2.29. The molecule has 0 saturated heterocycles. The van der Waals surface area contributed by atoms with E-state index in [4.69, 9.17) is 9.90 Å². The first kappa shape index (κ1) is 22.7. The maximum Gasteiger partial charge on any atom is 0.300 e. The number of aliphatic carboxylic acids is 1. The molecule has 1 atom stereocenters. The molecule has 31 heavy (non-hydrogen) atoms. The largest absolute Gasteiger partial charge is 0.481 e. The van der Waals surface area contributed by atoms with Crippen molar-refractivity contribution >= 4 is 17.3 Å². The number of carbonyl (C=O) groups is 1. The second kappa shape index (κ2) is 8.26. The minimum absolute atomic E-state index is 0.0236. The Bertz CT molecular complexity index is 1030. The van der Waals surface area contributed by atoms with E-state index in [1.807, 2.05) is 0 Å². The summed E-state index contributed by atoms with van der Waals surface area (Å²) in [6, 6.07) is 17.9. The van der Waals surface area contributed by atoms with Crippen molar-refractivity contribution in [3.63, 3.8) is 0 Å². The van der Waals surface area contributed by atoms with Crippen LogP contribution in [0.25, 0.3) is 0 Å². The number of anilines is 2. The van der Waals surface area contributed by atoms with Crippen LogP contribution < -0.4 is 9.80 Å². The van der Waals surface area contributed by atoms with E-state index in [0.29, 0.717) is 6.04 Å². The number of para-hydroxylation sites is 2. The SMILES string of the molecule is CC(=O)O.CN1C(=CC=CC2N(C)c3ccccc3C2(C)C)C(C)(C)c2ccccc21. The van der Waals surface area contributed by atoms with Gasteiger partial charge in [-0.05, 0) is 29.3 Å². The van der Waals surface area contributed by atoms with Crippen molar-refractivity contribution in [3.8, 4) is 0 Å². The average molecular weight is 419 g/mol. The molecule has 1 unspecified atom stereocenters. The predicted octanol–water partition coefficient (Wildman–Crippen LogP) is 5.74. The van der Waals surface area contributed by atoms with Crippen LogP contribution in [0.15, 0.2) is 72.5 Å². The van der Waals surface area contributed by atoms with Crippen LogP contribution in [0.4, 0.5) is 11.4 Å². The Morgan fingerprint density at radius 3 is 2.00 bits per heavy atom. The van der Waals surface area contributed by atoms with E-state index < -0.39 is 5.97 Å². The molecule has 2 aliphatic rings. The molecule has 0 bridgehead atoms. The van der Waals surface area contributed by atoms with Gasteiger partial charge >= 0.3 is 0 Å². The molecular weight excluding hydrogens is 384 g/mol. The molecule has 2 aromatic rings. The van der Waals surface area contributed by atoms with Gasteiger partial charge < -0.3 is 14.9 Å². The van der Waals surface area contributed by atoms with Crippen LogP contribution in [-0.2, 0) is 15.6 Å². The van der Waals surface area contributed by atoms with Gasteiger partial charge in [-0.2, -0.15) is 0 Å². The number of carboxylic acid groups (broad SMARTS) is 1. The Kier molecular flexibility index (Phi) is 6.04. The van der Waals surface area contributed by atoms with Gasteiger partial charge in [0, 0.05) is 48.9 Å². The summed E-state index contributed by atoms with van der Waals surface area (Å²) in [5.74, 6) is -0.833. The Morgan fingerprint density at radius 1 is 0.935 bits per heavy atom. The van der Waals surface area contributed by atoms with E-state index in [9.17, 15) is 0 Å². The number of allylic oxidation sites excluding steroid dienone is 3. The Hall–Kier alpha value is -3.01. The molecule has 2 aliphatic heterocycles. The third kappa shape index (κ3) is 3.99. The highest BCUT2D eigenvalue weighted by atomic mass is 16.4. The summed E-state index contributed by atoms with van der Waals surface area (Å²) in [4.78, 5) is 13.7. The van der Waals surface area contributed by atoms with E-state index in [2.05, 4.69) is 118 Å². The second-order valence-corrected chi connectivity index (χ2v) is 9.45. The fourth-order valence-corrected chi connectivity index (χ4v) is 5.04. The maximum absolute atomic E-state index is 9.00. The number of nitrogens with zero attached hydrogens (tertiary/aromatic N) is 2. The van der Waals surface area contributed by atoms with Crippen molar-refractivity contribution in [1.29, 1.82) is 0 Å². The van der Waals surface area contributed by atoms with Crippen LogP contribution in [0.5, 0.6) is 0 Å². The average Bonchev–Trinajstić information content (AvgIpc) is 3.02. The van der Waals surface area contributed by atoms with Crippen molar-refractivity contribution in [2.45, 2.75) is 51.5 Å². The van der Waals surface area contributed by atoms with Gasteiger partial charge in [0.05, 0.1) is 6.04 Å². The highest BCUT2D eigenvalue weighted by Crippen LogP contribution is 2.47. The third-order valence-electron chi connectivity index (χ3n) is 6.62. The van der Waals surface area contributed by atoms with E-state index in [-0.39, 0.29) is 10.8 Å². The molecule has 164 valence electrons. The van der Waals surface area contributed by atoms with Gasteiger partial charge in [-0.3, -0.25) is 4.79 Å². The first-order valence-electron chi connectivity index (χ1n) is 10.7. The van der Waals surface area contributed by atoms with E-state index in [1.165, 1.54) is 28.2 Å². The summed E-state index contributed by atoms with van der Waals surface area (Å²) in [6.07, 6.45) is 6.92. The zero-order chi connectivity index (χ0) is 23.0. The first-order chi connectivity index (χ1) is 14.5. The van der Waals surface area contributed by atoms with Gasteiger partial charge in [0.1, 0.15) is 0 Å². The van der Waals surface area contributed by atoms with E-state index >= 15 is 0 Å². The highest BCUT2D eigenvalue weighted by molar-refractivity contribution is 5.70. The van der Waals surface area contributed by atoms with Gasteiger partial charge in [0.15, 0.2) is 0 Å². The van der Waals surface area contributed by atoms with Crippen molar-refractivity contribution < 1.29 is 9.90 Å². The zero-order valence-corrected chi connectivity index (χ0v) is 19.7. The molecular formula is C27H34N2O2. The fraction of sp³-hybridized carbons (Fsp3) is 0.370. The Morgan fingerprint density at radius 2 is 1.45 bits per heavy atom. The molecule has 0 aromatic heterocycles. The molecule has 0 saturated carbocycles. The van der Waals surface area contributed by atoms with Crippen LogP contribution in [0.1, 0.15) is 45.7 Å². The van der Waals surface area contributed by atoms with Crippen molar-refractivity contribution in [1.82, 2.24) is 0 Å². The summed E-state index contributed by atoms with van der Waals surface area (Å²) >= 11 is 0. The smallest absolute Gasteiger partial charge is 0.300 e. The maximum atomic E-state index is 9.00. The molecule has 0 aliphatic carbocycles. The van der Waals surface area contributed by atoms with Gasteiger partial charge in [-0.1, -0.05) is 76.2 Å². The molecule has 4 heteroatoms. The van der Waals surface area contributed by atoms with Crippen molar-refractivity contribution in [3.05, 3.63) is 83.6 Å².